The summed E-state index contributed by atoms with van der Waals surface area (Å²) in [6.07, 6.45) is 12.9. The number of H-pyrrole nitrogens is 1. The number of likely N-dealkylation sites (tertiary alicyclic amines) is 1. The van der Waals surface area contributed by atoms with Gasteiger partial charge in [0.25, 0.3) is 0 Å². The van der Waals surface area contributed by atoms with E-state index in [4.69, 9.17) is 4.74 Å². The Kier molecular flexibility index (Phi) is 5.75. The smallest absolute Gasteiger partial charge is 0.338 e. The van der Waals surface area contributed by atoms with Crippen LogP contribution in [0.1, 0.15) is 39.2 Å². The van der Waals surface area contributed by atoms with Crippen molar-refractivity contribution >= 4 is 23.7 Å². The third-order valence-corrected chi connectivity index (χ3v) is 6.03. The number of aryl methyl sites for hydroxylation is 1. The van der Waals surface area contributed by atoms with E-state index in [0.29, 0.717) is 5.56 Å². The van der Waals surface area contributed by atoms with E-state index in [2.05, 4.69) is 32.2 Å². The molecule has 5 rings (SSSR count). The number of benzene rings is 1. The summed E-state index contributed by atoms with van der Waals surface area (Å²) in [5.74, 6) is -0.262. The second kappa shape index (κ2) is 9.00. The number of likely N-dealkylation sites (N-methyl/N-ethyl adjacent to an activating group) is 1. The summed E-state index contributed by atoms with van der Waals surface area (Å²) >= 11 is 0. The maximum absolute atomic E-state index is 12.6. The number of nitrogens with zero attached hydrogens (tertiary/aromatic N) is 3. The molecular weight excluding hydrogens is 412 g/mol. The van der Waals surface area contributed by atoms with Gasteiger partial charge in [-0.3, -0.25) is 10.1 Å². The number of fused-ring (bicyclic) bond motifs is 1. The first-order chi connectivity index (χ1) is 16.1. The van der Waals surface area contributed by atoms with E-state index < -0.39 is 0 Å². The van der Waals surface area contributed by atoms with Crippen LogP contribution in [0.4, 0.5) is 0 Å². The van der Waals surface area contributed by atoms with Gasteiger partial charge in [0.2, 0.25) is 0 Å². The zero-order valence-corrected chi connectivity index (χ0v) is 18.8. The lowest BCUT2D eigenvalue weighted by Crippen LogP contribution is -2.22. The number of rotatable bonds is 4. The van der Waals surface area contributed by atoms with Gasteiger partial charge in [0.15, 0.2) is 0 Å². The summed E-state index contributed by atoms with van der Waals surface area (Å²) in [5, 5.41) is 7.35. The van der Waals surface area contributed by atoms with Crippen LogP contribution in [0.5, 0.6) is 0 Å². The zero-order valence-electron chi connectivity index (χ0n) is 18.8. The standard InChI is InChI=1S/C27H26N4O2/c1-18-5-3-8-25(29-18)26-24(16-28-30-26)20-6-4-7-21-15-22(12-10-19(21)9-11-20)27(32)33-23-13-14-31(2)17-23/h3-12,15-16,23H,13-14,17H2,1-2H3,(H,28,30)/b6-4?,7-4+,11-9?,19-9?,20-6?,20-11?,21-7?/t23-/m0/s1. The third kappa shape index (κ3) is 4.56. The van der Waals surface area contributed by atoms with Crippen LogP contribution >= 0.6 is 0 Å². The van der Waals surface area contributed by atoms with Crippen LogP contribution < -0.4 is 0 Å². The van der Waals surface area contributed by atoms with Crippen LogP contribution in [-0.4, -0.2) is 52.3 Å². The largest absolute Gasteiger partial charge is 0.457 e. The number of aromatic nitrogens is 3. The molecule has 33 heavy (non-hydrogen) atoms. The molecule has 0 amide bonds. The third-order valence-electron chi connectivity index (χ3n) is 6.03. The average molecular weight is 439 g/mol. The fourth-order valence-corrected chi connectivity index (χ4v) is 4.26. The van der Waals surface area contributed by atoms with Crippen molar-refractivity contribution < 1.29 is 9.53 Å². The van der Waals surface area contributed by atoms with Crippen molar-refractivity contribution in [3.63, 3.8) is 0 Å². The molecule has 3 aromatic rings. The summed E-state index contributed by atoms with van der Waals surface area (Å²) in [4.78, 5) is 19.4. The van der Waals surface area contributed by atoms with Crippen molar-refractivity contribution in [3.8, 4) is 11.4 Å². The van der Waals surface area contributed by atoms with Crippen LogP contribution in [0, 0.1) is 6.92 Å². The highest BCUT2D eigenvalue weighted by atomic mass is 16.5. The van der Waals surface area contributed by atoms with Crippen molar-refractivity contribution in [2.24, 2.45) is 0 Å². The van der Waals surface area contributed by atoms with E-state index >= 15 is 0 Å². The highest BCUT2D eigenvalue weighted by molar-refractivity contribution is 5.92. The Bertz CT molecular complexity index is 1280. The first kappa shape index (κ1) is 21.1. The minimum absolute atomic E-state index is 0.0301. The Morgan fingerprint density at radius 1 is 1.15 bits per heavy atom. The number of allylic oxidation sites excluding steroid dienone is 4. The number of nitrogens with one attached hydrogen (secondary N) is 1. The lowest BCUT2D eigenvalue weighted by molar-refractivity contribution is 0.0327. The Balaban J connectivity index is 1.38. The predicted molar refractivity (Wildman–Crippen MR) is 130 cm³/mol. The summed E-state index contributed by atoms with van der Waals surface area (Å²) < 4.78 is 5.69. The van der Waals surface area contributed by atoms with E-state index in [1.165, 1.54) is 0 Å². The molecule has 0 unspecified atom stereocenters. The molecule has 1 saturated heterocycles. The number of hydrogen-bond donors (Lipinski definition) is 1. The summed E-state index contributed by atoms with van der Waals surface area (Å²) in [5.41, 5.74) is 7.31. The number of hydrogen-bond acceptors (Lipinski definition) is 5. The summed E-state index contributed by atoms with van der Waals surface area (Å²) in [6, 6.07) is 11.7. The SMILES string of the molecule is Cc1cccc(-c2[nH]ncc2C2=C/C=C/c3cc(C(=O)O[C@H]4CCN(C)C4)ccc3C=C2)n1. The number of carbonyl (C=O) groups excluding carboxylic acids is 1. The molecule has 1 atom stereocenters. The lowest BCUT2D eigenvalue weighted by Gasteiger charge is -2.13. The molecule has 1 aliphatic carbocycles. The quantitative estimate of drug-likeness (QED) is 0.595. The van der Waals surface area contributed by atoms with Crippen molar-refractivity contribution in [3.05, 3.63) is 88.8 Å². The minimum atomic E-state index is -0.262. The molecule has 3 heterocycles. The Hall–Kier alpha value is -3.77. The van der Waals surface area contributed by atoms with Gasteiger partial charge in [0.05, 0.1) is 23.1 Å². The van der Waals surface area contributed by atoms with Crippen molar-refractivity contribution in [2.45, 2.75) is 19.4 Å². The number of esters is 1. The fourth-order valence-electron chi connectivity index (χ4n) is 4.26. The van der Waals surface area contributed by atoms with Crippen LogP contribution in [-0.2, 0) is 4.74 Å². The summed E-state index contributed by atoms with van der Waals surface area (Å²) in [6.45, 7) is 3.73. The van der Waals surface area contributed by atoms with Gasteiger partial charge in [0.1, 0.15) is 6.10 Å². The highest BCUT2D eigenvalue weighted by Crippen LogP contribution is 2.29. The zero-order chi connectivity index (χ0) is 22.8. The molecule has 0 radical (unpaired) electrons. The van der Waals surface area contributed by atoms with E-state index in [9.17, 15) is 4.79 Å². The fraction of sp³-hybridized carbons (Fsp3) is 0.222. The topological polar surface area (TPSA) is 71.1 Å². The van der Waals surface area contributed by atoms with E-state index in [1.54, 1.807) is 0 Å². The number of aromatic amines is 1. The molecule has 1 N–H and O–H groups in total. The molecule has 0 spiro atoms. The Morgan fingerprint density at radius 2 is 2.06 bits per heavy atom. The Morgan fingerprint density at radius 3 is 2.88 bits per heavy atom. The van der Waals surface area contributed by atoms with Gasteiger partial charge in [-0.2, -0.15) is 5.10 Å². The number of pyridine rings is 1. The van der Waals surface area contributed by atoms with E-state index in [0.717, 1.165) is 58.9 Å². The molecule has 6 heteroatoms. The van der Waals surface area contributed by atoms with E-state index in [-0.39, 0.29) is 12.1 Å². The van der Waals surface area contributed by atoms with Crippen LogP contribution in [0.15, 0.2) is 60.8 Å². The van der Waals surface area contributed by atoms with Crippen LogP contribution in [0.3, 0.4) is 0 Å². The van der Waals surface area contributed by atoms with Gasteiger partial charge in [-0.15, -0.1) is 0 Å². The first-order valence-corrected chi connectivity index (χ1v) is 11.1. The van der Waals surface area contributed by atoms with Crippen molar-refractivity contribution in [2.75, 3.05) is 20.1 Å². The number of ether oxygens (including phenoxy) is 1. The molecule has 0 bridgehead atoms. The molecule has 1 aliphatic heterocycles. The summed E-state index contributed by atoms with van der Waals surface area (Å²) in [7, 11) is 2.04. The first-order valence-electron chi connectivity index (χ1n) is 11.1. The molecular formula is C27H26N4O2. The molecule has 166 valence electrons. The minimum Gasteiger partial charge on any atom is -0.457 e. The van der Waals surface area contributed by atoms with E-state index in [1.807, 2.05) is 74.8 Å². The van der Waals surface area contributed by atoms with Crippen LogP contribution in [0.25, 0.3) is 29.1 Å². The van der Waals surface area contributed by atoms with Gasteiger partial charge in [-0.25, -0.2) is 4.79 Å². The van der Waals surface area contributed by atoms with Crippen LogP contribution in [0.2, 0.25) is 0 Å². The molecule has 1 fully saturated rings. The van der Waals surface area contributed by atoms with Gasteiger partial charge in [0, 0.05) is 24.3 Å². The maximum Gasteiger partial charge on any atom is 0.338 e. The predicted octanol–water partition coefficient (Wildman–Crippen LogP) is 4.76. The highest BCUT2D eigenvalue weighted by Gasteiger charge is 2.24. The maximum atomic E-state index is 12.6. The molecule has 0 saturated carbocycles. The van der Waals surface area contributed by atoms with Crippen molar-refractivity contribution in [1.29, 1.82) is 0 Å². The molecule has 2 aliphatic rings. The molecule has 6 nitrogen and oxygen atoms in total. The monoisotopic (exact) mass is 438 g/mol. The van der Waals surface area contributed by atoms with Gasteiger partial charge < -0.3 is 9.64 Å². The second-order valence-electron chi connectivity index (χ2n) is 8.56. The van der Waals surface area contributed by atoms with Gasteiger partial charge in [-0.05, 0) is 61.4 Å². The lowest BCUT2D eigenvalue weighted by atomic mass is 9.97. The normalized spacial score (nSPS) is 18.8. The Labute approximate surface area is 193 Å². The van der Waals surface area contributed by atoms with Gasteiger partial charge in [-0.1, -0.05) is 42.5 Å². The number of carbonyl (C=O) groups is 1. The molecule has 1 aromatic carbocycles. The second-order valence-corrected chi connectivity index (χ2v) is 8.56. The molecule has 2 aromatic heterocycles. The van der Waals surface area contributed by atoms with Crippen molar-refractivity contribution in [1.82, 2.24) is 20.1 Å². The van der Waals surface area contributed by atoms with Gasteiger partial charge >= 0.3 is 5.97 Å². The average Bonchev–Trinajstić information content (AvgIpc) is 3.43.